The van der Waals surface area contributed by atoms with Crippen LogP contribution in [0.2, 0.25) is 0 Å². The molecule has 0 aromatic heterocycles. The molecule has 0 bridgehead atoms. The largest absolute Gasteiger partial charge is 0.480 e. The summed E-state index contributed by atoms with van der Waals surface area (Å²) in [6, 6.07) is -1.48. The zero-order chi connectivity index (χ0) is 26.4. The van der Waals surface area contributed by atoms with Gasteiger partial charge in [0.15, 0.2) is 0 Å². The number of unbranched alkanes of at least 4 members (excludes halogenated alkanes) is 11. The van der Waals surface area contributed by atoms with Crippen LogP contribution in [0.1, 0.15) is 96.8 Å². The number of hydrogen-bond acceptors (Lipinski definition) is 8. The third-order valence-electron chi connectivity index (χ3n) is 5.24. The van der Waals surface area contributed by atoms with Gasteiger partial charge in [-0.1, -0.05) is 70.4 Å². The second-order valence-electron chi connectivity index (χ2n) is 8.68. The van der Waals surface area contributed by atoms with E-state index in [0.717, 1.165) is 32.1 Å². The van der Waals surface area contributed by atoms with Gasteiger partial charge in [0.25, 0.3) is 0 Å². The van der Waals surface area contributed by atoms with Crippen LogP contribution in [-0.2, 0) is 27.9 Å². The number of carbonyl (C=O) groups excluding carboxylic acids is 1. The maximum atomic E-state index is 11.7. The van der Waals surface area contributed by atoms with Gasteiger partial charge in [-0.2, -0.15) is 0 Å². The van der Waals surface area contributed by atoms with Gasteiger partial charge < -0.3 is 25.6 Å². The first-order valence-electron chi connectivity index (χ1n) is 12.8. The van der Waals surface area contributed by atoms with Crippen molar-refractivity contribution in [1.29, 1.82) is 0 Å². The van der Waals surface area contributed by atoms with Crippen LogP contribution in [-0.4, -0.2) is 59.0 Å². The molecule has 206 valence electrons. The van der Waals surface area contributed by atoms with Crippen LogP contribution in [0.15, 0.2) is 12.2 Å². The molecule has 0 amide bonds. The van der Waals surface area contributed by atoms with E-state index in [2.05, 4.69) is 28.1 Å². The van der Waals surface area contributed by atoms with Gasteiger partial charge in [0.1, 0.15) is 18.8 Å². The minimum absolute atomic E-state index is 0.237. The minimum Gasteiger partial charge on any atom is -0.480 e. The van der Waals surface area contributed by atoms with E-state index in [-0.39, 0.29) is 6.42 Å². The van der Waals surface area contributed by atoms with Crippen LogP contribution in [0.5, 0.6) is 0 Å². The normalized spacial score (nSPS) is 15.1. The van der Waals surface area contributed by atoms with Gasteiger partial charge >= 0.3 is 19.8 Å². The Bertz CT molecular complexity index is 630. The lowest BCUT2D eigenvalue weighted by molar-refractivity contribution is -0.147. The molecule has 3 atom stereocenters. The molecule has 0 saturated carbocycles. The van der Waals surface area contributed by atoms with Crippen molar-refractivity contribution < 1.29 is 43.0 Å². The summed E-state index contributed by atoms with van der Waals surface area (Å²) in [5, 5.41) is 18.3. The van der Waals surface area contributed by atoms with Crippen molar-refractivity contribution in [3.8, 4) is 0 Å². The van der Waals surface area contributed by atoms with E-state index in [1.54, 1.807) is 0 Å². The molecule has 0 aromatic carbocycles. The lowest BCUT2D eigenvalue weighted by atomic mass is 10.1. The van der Waals surface area contributed by atoms with Gasteiger partial charge in [-0.25, -0.2) is 4.57 Å². The van der Waals surface area contributed by atoms with E-state index >= 15 is 0 Å². The molecule has 0 heterocycles. The average Bonchev–Trinajstić information content (AvgIpc) is 2.82. The number of hydrogen-bond donors (Lipinski definition) is 4. The van der Waals surface area contributed by atoms with Crippen molar-refractivity contribution in [2.75, 3.05) is 19.8 Å². The lowest BCUT2D eigenvalue weighted by Gasteiger charge is -2.16. The van der Waals surface area contributed by atoms with Gasteiger partial charge in [0.05, 0.1) is 13.2 Å². The number of ether oxygens (including phenoxy) is 1. The molecular formula is C24H46NO9P. The number of rotatable bonds is 24. The standard InChI is InChI=1S/C24H46NO9P/c1-2-3-4-5-6-7-8-9-10-11-12-13-14-15-16-17-23(27)32-18-21(26)19-33-35(30,31)34-20-22(25)24(28)29/h9-10,21-22,26H,2-8,11-20,25H2,1H3,(H,28,29)(H,30,31)/b10-9+/t21-,22+/m1/s1. The maximum Gasteiger partial charge on any atom is 0.472 e. The third kappa shape index (κ3) is 22.9. The molecule has 0 aliphatic heterocycles. The van der Waals surface area contributed by atoms with Gasteiger partial charge in [-0.3, -0.25) is 18.6 Å². The molecule has 10 nitrogen and oxygen atoms in total. The number of nitrogens with two attached hydrogens (primary N) is 1. The Balaban J connectivity index is 3.62. The fourth-order valence-corrected chi connectivity index (χ4v) is 3.90. The predicted octanol–water partition coefficient (Wildman–Crippen LogP) is 4.47. The third-order valence-corrected chi connectivity index (χ3v) is 6.19. The molecule has 0 rings (SSSR count). The smallest absolute Gasteiger partial charge is 0.472 e. The van der Waals surface area contributed by atoms with Crippen molar-refractivity contribution in [1.82, 2.24) is 0 Å². The Morgan fingerprint density at radius 1 is 0.857 bits per heavy atom. The van der Waals surface area contributed by atoms with E-state index in [1.165, 1.54) is 44.9 Å². The molecule has 0 spiro atoms. The van der Waals surface area contributed by atoms with E-state index in [9.17, 15) is 24.2 Å². The molecular weight excluding hydrogens is 477 g/mol. The molecule has 35 heavy (non-hydrogen) atoms. The molecule has 0 saturated heterocycles. The van der Waals surface area contributed by atoms with Crippen LogP contribution in [0.25, 0.3) is 0 Å². The van der Waals surface area contributed by atoms with E-state index < -0.39 is 51.7 Å². The second-order valence-corrected chi connectivity index (χ2v) is 10.1. The van der Waals surface area contributed by atoms with Crippen molar-refractivity contribution in [2.45, 2.75) is 109 Å². The maximum absolute atomic E-state index is 11.7. The number of phosphoric acid groups is 1. The molecule has 0 aromatic rings. The molecule has 11 heteroatoms. The number of phosphoric ester groups is 1. The van der Waals surface area contributed by atoms with Crippen LogP contribution in [0, 0.1) is 0 Å². The topological polar surface area (TPSA) is 166 Å². The minimum atomic E-state index is -4.58. The number of aliphatic hydroxyl groups is 1. The Labute approximate surface area is 209 Å². The zero-order valence-corrected chi connectivity index (χ0v) is 22.0. The summed E-state index contributed by atoms with van der Waals surface area (Å²) in [6.07, 6.45) is 18.6. The predicted molar refractivity (Wildman–Crippen MR) is 134 cm³/mol. The highest BCUT2D eigenvalue weighted by molar-refractivity contribution is 7.47. The number of carbonyl (C=O) groups is 2. The summed E-state index contributed by atoms with van der Waals surface area (Å²) >= 11 is 0. The molecule has 0 fully saturated rings. The number of aliphatic hydroxyl groups excluding tert-OH is 1. The quantitative estimate of drug-likeness (QED) is 0.0613. The summed E-state index contributed by atoms with van der Waals surface area (Å²) < 4.78 is 25.5. The van der Waals surface area contributed by atoms with E-state index in [0.29, 0.717) is 6.42 Å². The zero-order valence-electron chi connectivity index (χ0n) is 21.1. The first-order chi connectivity index (χ1) is 16.7. The lowest BCUT2D eigenvalue weighted by Crippen LogP contribution is -2.34. The number of allylic oxidation sites excluding steroid dienone is 2. The van der Waals surface area contributed by atoms with Crippen molar-refractivity contribution in [3.05, 3.63) is 12.2 Å². The summed E-state index contributed by atoms with van der Waals surface area (Å²) in [4.78, 5) is 31.7. The molecule has 0 aliphatic rings. The van der Waals surface area contributed by atoms with Gasteiger partial charge in [0, 0.05) is 6.42 Å². The second kappa shape index (κ2) is 21.9. The number of carboxylic acids is 1. The fourth-order valence-electron chi connectivity index (χ4n) is 3.11. The number of aliphatic carboxylic acids is 1. The molecule has 5 N–H and O–H groups in total. The van der Waals surface area contributed by atoms with E-state index in [1.807, 2.05) is 0 Å². The Morgan fingerprint density at radius 3 is 1.94 bits per heavy atom. The highest BCUT2D eigenvalue weighted by Gasteiger charge is 2.26. The SMILES string of the molecule is CCCCCCCC/C=C/CCCCCCCC(=O)OC[C@@H](O)COP(=O)(O)OC[C@H](N)C(=O)O. The van der Waals surface area contributed by atoms with Gasteiger partial charge in [-0.05, 0) is 32.1 Å². The van der Waals surface area contributed by atoms with Crippen molar-refractivity contribution in [2.24, 2.45) is 5.73 Å². The number of esters is 1. The monoisotopic (exact) mass is 523 g/mol. The highest BCUT2D eigenvalue weighted by Crippen LogP contribution is 2.43. The average molecular weight is 524 g/mol. The Morgan fingerprint density at radius 2 is 1.37 bits per heavy atom. The summed E-state index contributed by atoms with van der Waals surface area (Å²) in [7, 11) is -4.58. The summed E-state index contributed by atoms with van der Waals surface area (Å²) in [6.45, 7) is 0.482. The number of carboxylic acid groups (broad SMARTS) is 1. The van der Waals surface area contributed by atoms with Crippen LogP contribution in [0.4, 0.5) is 0 Å². The first-order valence-corrected chi connectivity index (χ1v) is 14.3. The van der Waals surface area contributed by atoms with Crippen LogP contribution in [0.3, 0.4) is 0 Å². The van der Waals surface area contributed by atoms with Gasteiger partial charge in [0.2, 0.25) is 0 Å². The Kier molecular flexibility index (Phi) is 21.1. The molecule has 0 radical (unpaired) electrons. The van der Waals surface area contributed by atoms with Crippen molar-refractivity contribution >= 4 is 19.8 Å². The van der Waals surface area contributed by atoms with E-state index in [4.69, 9.17) is 15.6 Å². The fraction of sp³-hybridized carbons (Fsp3) is 0.833. The molecule has 1 unspecified atom stereocenters. The first kappa shape index (κ1) is 33.7. The Hall–Kier alpha value is -1.29. The van der Waals surface area contributed by atoms with Crippen LogP contribution < -0.4 is 5.73 Å². The van der Waals surface area contributed by atoms with Crippen molar-refractivity contribution in [3.63, 3.8) is 0 Å². The molecule has 0 aliphatic carbocycles. The van der Waals surface area contributed by atoms with Gasteiger partial charge in [-0.15, -0.1) is 0 Å². The summed E-state index contributed by atoms with van der Waals surface area (Å²) in [5.74, 6) is -1.86. The summed E-state index contributed by atoms with van der Waals surface area (Å²) in [5.41, 5.74) is 5.15. The highest BCUT2D eigenvalue weighted by atomic mass is 31.2. The van der Waals surface area contributed by atoms with Crippen LogP contribution >= 0.6 is 7.82 Å².